The molecule has 0 spiro atoms. The predicted molar refractivity (Wildman–Crippen MR) is 225 cm³/mol. The van der Waals surface area contributed by atoms with Crippen molar-refractivity contribution in [1.29, 1.82) is 0 Å². The van der Waals surface area contributed by atoms with Crippen LogP contribution in [-0.4, -0.2) is 128 Å². The van der Waals surface area contributed by atoms with Crippen molar-refractivity contribution in [3.05, 3.63) is 82.2 Å². The lowest BCUT2D eigenvalue weighted by atomic mass is 9.88. The Morgan fingerprint density at radius 1 is 0.750 bits per heavy atom. The number of nitrogens with two attached hydrogens (primary N) is 1. The van der Waals surface area contributed by atoms with Gasteiger partial charge < -0.3 is 35.0 Å². The SMILES string of the molecule is CC(C)(C)OC(=O)N1CC[C@H](OS(C)(=O)=O)[C@H]1[C@H](CN)c1c[nH]c2ccccc12.CC(C)(C)OC(=O)N1CC[C@H](OS(C)(=O)=O)[C@H]1[C@H](C[N+](=O)[O-])c1c[nH]c2ccccc12. The van der Waals surface area contributed by atoms with Gasteiger partial charge in [0.25, 0.3) is 20.2 Å². The van der Waals surface area contributed by atoms with Crippen LogP contribution in [0.2, 0.25) is 0 Å². The molecule has 4 N–H and O–H groups in total. The molecule has 0 bridgehead atoms. The van der Waals surface area contributed by atoms with Gasteiger partial charge in [-0.3, -0.25) is 18.5 Å². The molecule has 4 heterocycles. The van der Waals surface area contributed by atoms with E-state index in [1.165, 1.54) is 4.90 Å². The smallest absolute Gasteiger partial charge is 0.410 e. The highest BCUT2D eigenvalue weighted by molar-refractivity contribution is 7.86. The molecular formula is C40H56N6O12S2. The van der Waals surface area contributed by atoms with Crippen LogP contribution < -0.4 is 5.73 Å². The maximum absolute atomic E-state index is 12.9. The molecule has 2 aliphatic rings. The summed E-state index contributed by atoms with van der Waals surface area (Å²) in [4.78, 5) is 46.2. The highest BCUT2D eigenvalue weighted by atomic mass is 32.2. The predicted octanol–water partition coefficient (Wildman–Crippen LogP) is 5.45. The number of aromatic amines is 2. The summed E-state index contributed by atoms with van der Waals surface area (Å²) >= 11 is 0. The molecule has 2 aromatic carbocycles. The summed E-state index contributed by atoms with van der Waals surface area (Å²) in [5, 5.41) is 13.3. The standard InChI is InChI=1S/C20H27N3O7S.C20H29N3O5S/c1-20(2,3)29-19(24)22-10-9-17(30-31(4,27)28)18(22)15(12-23(25)26)14-11-21-16-8-6-5-7-13(14)16;1-20(2,3)27-19(24)23-10-9-17(28-29(4,25)26)18(23)14(11-21)15-12-22-16-8-6-5-7-13(15)16/h5-8,11,15,17-18,21H,9-10,12H2,1-4H3;5-8,12,14,17-18,22H,9-11,21H2,1-4H3/t15-,17+,18-;14-,17+,18-/m11/s1. The van der Waals surface area contributed by atoms with Gasteiger partial charge in [0.05, 0.1) is 36.6 Å². The Kier molecular flexibility index (Phi) is 13.9. The molecule has 4 aromatic rings. The van der Waals surface area contributed by atoms with E-state index in [0.717, 1.165) is 39.9 Å². The summed E-state index contributed by atoms with van der Waals surface area (Å²) in [5.74, 6) is -1.14. The van der Waals surface area contributed by atoms with E-state index in [2.05, 4.69) is 9.97 Å². The number of carbonyl (C=O) groups excluding carboxylic acids is 2. The van der Waals surface area contributed by atoms with Gasteiger partial charge in [0.2, 0.25) is 6.54 Å². The monoisotopic (exact) mass is 876 g/mol. The minimum atomic E-state index is -3.85. The zero-order chi connectivity index (χ0) is 44.4. The molecule has 2 amide bonds. The van der Waals surface area contributed by atoms with E-state index < -0.39 is 85.3 Å². The summed E-state index contributed by atoms with van der Waals surface area (Å²) in [6.07, 6.45) is 3.29. The van der Waals surface area contributed by atoms with Gasteiger partial charge >= 0.3 is 12.2 Å². The van der Waals surface area contributed by atoms with E-state index >= 15 is 0 Å². The fraction of sp³-hybridized carbons (Fsp3) is 0.550. The highest BCUT2D eigenvalue weighted by Crippen LogP contribution is 2.39. The number of rotatable bonds is 11. The molecular weight excluding hydrogens is 821 g/mol. The number of fused-ring (bicyclic) bond motifs is 2. The minimum Gasteiger partial charge on any atom is -0.444 e. The average Bonchev–Trinajstić information content (AvgIpc) is 3.91. The molecule has 0 radical (unpaired) electrons. The summed E-state index contributed by atoms with van der Waals surface area (Å²) in [5.41, 5.74) is 7.98. The Hall–Kier alpha value is -4.76. The summed E-state index contributed by atoms with van der Waals surface area (Å²) in [6.45, 7) is 10.7. The first kappa shape index (κ1) is 46.3. The van der Waals surface area contributed by atoms with E-state index in [-0.39, 0.29) is 25.4 Å². The summed E-state index contributed by atoms with van der Waals surface area (Å²) in [7, 11) is -7.56. The number of para-hydroxylation sites is 2. The van der Waals surface area contributed by atoms with Crippen molar-refractivity contribution in [2.24, 2.45) is 5.73 Å². The van der Waals surface area contributed by atoms with Crippen LogP contribution in [0.3, 0.4) is 0 Å². The molecule has 6 rings (SSSR count). The van der Waals surface area contributed by atoms with Crippen molar-refractivity contribution in [3.63, 3.8) is 0 Å². The van der Waals surface area contributed by atoms with E-state index in [4.69, 9.17) is 23.6 Å². The van der Waals surface area contributed by atoms with Crippen molar-refractivity contribution < 1.29 is 49.2 Å². The summed E-state index contributed by atoms with van der Waals surface area (Å²) in [6, 6.07) is 13.6. The molecule has 0 saturated carbocycles. The molecule has 60 heavy (non-hydrogen) atoms. The van der Waals surface area contributed by atoms with Crippen LogP contribution in [0.25, 0.3) is 21.8 Å². The van der Waals surface area contributed by atoms with Gasteiger partial charge in [0.15, 0.2) is 0 Å². The fourth-order valence-corrected chi connectivity index (χ4v) is 9.37. The molecule has 20 heteroatoms. The maximum Gasteiger partial charge on any atom is 0.410 e. The fourth-order valence-electron chi connectivity index (χ4n) is 8.06. The van der Waals surface area contributed by atoms with E-state index in [1.54, 1.807) is 52.6 Å². The lowest BCUT2D eigenvalue weighted by molar-refractivity contribution is -0.484. The number of nitro groups is 1. The third-order valence-corrected chi connectivity index (χ3v) is 11.3. The van der Waals surface area contributed by atoms with Crippen molar-refractivity contribution in [2.75, 3.05) is 38.7 Å². The second kappa shape index (κ2) is 18.1. The van der Waals surface area contributed by atoms with Gasteiger partial charge in [-0.1, -0.05) is 36.4 Å². The lowest BCUT2D eigenvalue weighted by Crippen LogP contribution is -2.48. The number of nitrogens with one attached hydrogen (secondary N) is 2. The molecule has 0 aliphatic carbocycles. The van der Waals surface area contributed by atoms with Crippen molar-refractivity contribution in [2.45, 2.75) is 102 Å². The first-order chi connectivity index (χ1) is 27.9. The van der Waals surface area contributed by atoms with E-state index in [0.29, 0.717) is 18.5 Å². The molecule has 18 nitrogen and oxygen atoms in total. The number of carbonyl (C=O) groups is 2. The number of ether oxygens (including phenoxy) is 2. The van der Waals surface area contributed by atoms with Gasteiger partial charge in [-0.05, 0) is 77.6 Å². The molecule has 330 valence electrons. The molecule has 2 saturated heterocycles. The van der Waals surface area contributed by atoms with Crippen molar-refractivity contribution in [1.82, 2.24) is 19.8 Å². The third-order valence-electron chi connectivity index (χ3n) is 10.1. The molecule has 2 aromatic heterocycles. The van der Waals surface area contributed by atoms with Crippen LogP contribution in [0.15, 0.2) is 60.9 Å². The average molecular weight is 877 g/mol. The van der Waals surface area contributed by atoms with Crippen molar-refractivity contribution >= 4 is 54.2 Å². The van der Waals surface area contributed by atoms with E-state index in [9.17, 15) is 36.5 Å². The first-order valence-electron chi connectivity index (χ1n) is 19.6. The van der Waals surface area contributed by atoms with Gasteiger partial charge in [-0.2, -0.15) is 16.8 Å². The molecule has 0 unspecified atom stereocenters. The van der Waals surface area contributed by atoms with Crippen molar-refractivity contribution in [3.8, 4) is 0 Å². The van der Waals surface area contributed by atoms with Gasteiger partial charge in [0, 0.05) is 64.7 Å². The van der Waals surface area contributed by atoms with Gasteiger partial charge in [-0.15, -0.1) is 0 Å². The van der Waals surface area contributed by atoms with Crippen LogP contribution in [0.4, 0.5) is 9.59 Å². The van der Waals surface area contributed by atoms with Crippen LogP contribution in [0.5, 0.6) is 0 Å². The Labute approximate surface area is 350 Å². The number of H-pyrrole nitrogens is 2. The number of amides is 2. The Balaban J connectivity index is 0.000000228. The van der Waals surface area contributed by atoms with Crippen LogP contribution in [0.1, 0.15) is 77.3 Å². The largest absolute Gasteiger partial charge is 0.444 e. The Morgan fingerprint density at radius 3 is 1.50 bits per heavy atom. The zero-order valence-electron chi connectivity index (χ0n) is 35.1. The maximum atomic E-state index is 12.9. The van der Waals surface area contributed by atoms with Crippen LogP contribution in [0, 0.1) is 10.1 Å². The Bertz CT molecular complexity index is 2390. The number of nitrogens with zero attached hydrogens (tertiary/aromatic N) is 3. The highest BCUT2D eigenvalue weighted by Gasteiger charge is 2.49. The molecule has 6 atom stereocenters. The first-order valence-corrected chi connectivity index (χ1v) is 23.2. The second-order valence-corrected chi connectivity index (χ2v) is 20.3. The number of aromatic nitrogens is 2. The molecule has 2 aliphatic heterocycles. The van der Waals surface area contributed by atoms with Gasteiger partial charge in [-0.25, -0.2) is 9.59 Å². The number of benzene rings is 2. The minimum absolute atomic E-state index is 0.163. The van der Waals surface area contributed by atoms with E-state index in [1.807, 2.05) is 54.7 Å². The zero-order valence-corrected chi connectivity index (χ0v) is 36.7. The number of likely N-dealkylation sites (tertiary alicyclic amines) is 2. The lowest BCUT2D eigenvalue weighted by Gasteiger charge is -2.34. The normalized spacial score (nSPS) is 21.1. The number of hydrogen-bond donors (Lipinski definition) is 3. The van der Waals surface area contributed by atoms with Crippen LogP contribution >= 0.6 is 0 Å². The quantitative estimate of drug-likeness (QED) is 0.0966. The second-order valence-electron chi connectivity index (χ2n) is 17.1. The molecule has 2 fully saturated rings. The Morgan fingerprint density at radius 2 is 1.13 bits per heavy atom. The van der Waals surface area contributed by atoms with Gasteiger partial charge in [0.1, 0.15) is 17.3 Å². The van der Waals surface area contributed by atoms with Crippen LogP contribution in [-0.2, 0) is 38.1 Å². The topological polar surface area (TPSA) is 247 Å². The number of hydrogen-bond acceptors (Lipinski definition) is 13. The third kappa shape index (κ3) is 11.7. The summed E-state index contributed by atoms with van der Waals surface area (Å²) < 4.78 is 69.2.